The van der Waals surface area contributed by atoms with Gasteiger partial charge in [-0.3, -0.25) is 0 Å². The first-order valence-electron chi connectivity index (χ1n) is 8.41. The molecular weight excluding hydrogens is 332 g/mol. The number of cyclic esters (lactones) is 1. The topological polar surface area (TPSA) is 61.8 Å². The molecule has 0 bridgehead atoms. The van der Waals surface area contributed by atoms with Crippen LogP contribution in [-0.4, -0.2) is 31.3 Å². The zero-order valence-electron chi connectivity index (χ0n) is 14.7. The summed E-state index contributed by atoms with van der Waals surface area (Å²) in [7, 11) is 1.39. The molecule has 1 unspecified atom stereocenters. The van der Waals surface area contributed by atoms with Gasteiger partial charge in [0, 0.05) is 6.42 Å². The van der Waals surface area contributed by atoms with E-state index in [9.17, 15) is 9.59 Å². The summed E-state index contributed by atoms with van der Waals surface area (Å²) < 4.78 is 16.2. The van der Waals surface area contributed by atoms with E-state index in [0.717, 1.165) is 5.56 Å². The first-order chi connectivity index (χ1) is 12.6. The van der Waals surface area contributed by atoms with Crippen LogP contribution in [0.3, 0.4) is 0 Å². The summed E-state index contributed by atoms with van der Waals surface area (Å²) in [5.74, 6) is -1.25. The van der Waals surface area contributed by atoms with Crippen LogP contribution in [-0.2, 0) is 30.2 Å². The maximum absolute atomic E-state index is 13.0. The Bertz CT molecular complexity index is 826. The van der Waals surface area contributed by atoms with E-state index in [1.165, 1.54) is 7.11 Å². The molecule has 0 saturated heterocycles. The number of ether oxygens (including phenoxy) is 3. The van der Waals surface area contributed by atoms with Gasteiger partial charge in [0.05, 0.1) is 19.3 Å². The van der Waals surface area contributed by atoms with E-state index < -0.39 is 17.5 Å². The van der Waals surface area contributed by atoms with Crippen LogP contribution >= 0.6 is 0 Å². The Morgan fingerprint density at radius 3 is 2.23 bits per heavy atom. The molecule has 0 amide bonds. The number of rotatable bonds is 6. The molecule has 0 saturated carbocycles. The number of carbonyl (C=O) groups excluding carboxylic acids is 2. The minimum Gasteiger partial charge on any atom is -0.490 e. The van der Waals surface area contributed by atoms with E-state index >= 15 is 0 Å². The Labute approximate surface area is 152 Å². The van der Waals surface area contributed by atoms with E-state index in [-0.39, 0.29) is 18.8 Å². The van der Waals surface area contributed by atoms with E-state index in [1.54, 1.807) is 6.92 Å². The average molecular weight is 352 g/mol. The number of carbonyl (C=O) groups is 2. The van der Waals surface area contributed by atoms with Crippen LogP contribution in [0.4, 0.5) is 0 Å². The first-order valence-corrected chi connectivity index (χ1v) is 8.41. The second-order valence-electron chi connectivity index (χ2n) is 5.87. The molecule has 1 heterocycles. The minimum absolute atomic E-state index is 0.0279. The SMILES string of the molecule is CCOC(=O)C1(Cc2ccccc2)OC(=O)C(OC)=C1c1ccccc1. The molecule has 1 atom stereocenters. The van der Waals surface area contributed by atoms with Crippen molar-refractivity contribution >= 4 is 17.5 Å². The predicted molar refractivity (Wildman–Crippen MR) is 96.0 cm³/mol. The number of esters is 2. The highest BCUT2D eigenvalue weighted by Gasteiger charge is 2.56. The van der Waals surface area contributed by atoms with Gasteiger partial charge in [0.2, 0.25) is 11.4 Å². The first kappa shape index (κ1) is 17.7. The van der Waals surface area contributed by atoms with Gasteiger partial charge in [-0.15, -0.1) is 0 Å². The van der Waals surface area contributed by atoms with Crippen molar-refractivity contribution in [3.05, 3.63) is 77.5 Å². The fraction of sp³-hybridized carbons (Fsp3) is 0.238. The molecule has 0 radical (unpaired) electrons. The Hall–Kier alpha value is -3.08. The van der Waals surface area contributed by atoms with Crippen LogP contribution in [0.25, 0.3) is 5.57 Å². The smallest absolute Gasteiger partial charge is 0.375 e. The van der Waals surface area contributed by atoms with Gasteiger partial charge in [0.1, 0.15) is 0 Å². The highest BCUT2D eigenvalue weighted by Crippen LogP contribution is 2.43. The van der Waals surface area contributed by atoms with E-state index in [0.29, 0.717) is 11.1 Å². The van der Waals surface area contributed by atoms with Crippen molar-refractivity contribution in [2.75, 3.05) is 13.7 Å². The van der Waals surface area contributed by atoms with Crippen LogP contribution in [0.1, 0.15) is 18.1 Å². The van der Waals surface area contributed by atoms with Gasteiger partial charge < -0.3 is 14.2 Å². The summed E-state index contributed by atoms with van der Waals surface area (Å²) >= 11 is 0. The van der Waals surface area contributed by atoms with Gasteiger partial charge in [-0.2, -0.15) is 0 Å². The van der Waals surface area contributed by atoms with Crippen LogP contribution in [0, 0.1) is 0 Å². The summed E-state index contributed by atoms with van der Waals surface area (Å²) in [6.45, 7) is 1.89. The fourth-order valence-corrected chi connectivity index (χ4v) is 3.17. The van der Waals surface area contributed by atoms with Crippen LogP contribution in [0.2, 0.25) is 0 Å². The largest absolute Gasteiger partial charge is 0.490 e. The standard InChI is InChI=1S/C21H20O5/c1-3-25-20(23)21(14-15-10-6-4-7-11-15)17(16-12-8-5-9-13-16)18(24-2)19(22)26-21/h4-13H,3,14H2,1-2H3. The third kappa shape index (κ3) is 3.08. The lowest BCUT2D eigenvalue weighted by Gasteiger charge is -2.28. The summed E-state index contributed by atoms with van der Waals surface area (Å²) in [6, 6.07) is 18.5. The van der Waals surface area contributed by atoms with Crippen LogP contribution < -0.4 is 0 Å². The molecule has 0 spiro atoms. The normalized spacial score (nSPS) is 19.2. The second kappa shape index (κ2) is 7.44. The summed E-state index contributed by atoms with van der Waals surface area (Å²) in [4.78, 5) is 25.5. The van der Waals surface area contributed by atoms with Crippen LogP contribution in [0.5, 0.6) is 0 Å². The van der Waals surface area contributed by atoms with Crippen LogP contribution in [0.15, 0.2) is 66.4 Å². The number of hydrogen-bond donors (Lipinski definition) is 0. The Morgan fingerprint density at radius 2 is 1.65 bits per heavy atom. The molecule has 5 heteroatoms. The third-order valence-electron chi connectivity index (χ3n) is 4.25. The maximum atomic E-state index is 13.0. The van der Waals surface area contributed by atoms with Crippen molar-refractivity contribution < 1.29 is 23.8 Å². The molecule has 0 N–H and O–H groups in total. The summed E-state index contributed by atoms with van der Waals surface area (Å²) in [5, 5.41) is 0. The lowest BCUT2D eigenvalue weighted by atomic mass is 9.83. The van der Waals surface area contributed by atoms with Crippen molar-refractivity contribution in [3.63, 3.8) is 0 Å². The summed E-state index contributed by atoms with van der Waals surface area (Å²) in [6.07, 6.45) is 0.162. The quantitative estimate of drug-likeness (QED) is 0.748. The van der Waals surface area contributed by atoms with Gasteiger partial charge in [-0.1, -0.05) is 60.7 Å². The fourth-order valence-electron chi connectivity index (χ4n) is 3.17. The van der Waals surface area contributed by atoms with Gasteiger partial charge in [0.15, 0.2) is 0 Å². The van der Waals surface area contributed by atoms with Gasteiger partial charge in [-0.05, 0) is 18.1 Å². The molecule has 3 rings (SSSR count). The van der Waals surface area contributed by atoms with Crippen molar-refractivity contribution in [2.45, 2.75) is 18.9 Å². The molecule has 5 nitrogen and oxygen atoms in total. The van der Waals surface area contributed by atoms with Crippen molar-refractivity contribution in [2.24, 2.45) is 0 Å². The minimum atomic E-state index is -1.58. The number of benzene rings is 2. The van der Waals surface area contributed by atoms with E-state index in [4.69, 9.17) is 14.2 Å². The molecular formula is C21H20O5. The van der Waals surface area contributed by atoms with Crippen molar-refractivity contribution in [1.29, 1.82) is 0 Å². The van der Waals surface area contributed by atoms with Crippen molar-refractivity contribution in [3.8, 4) is 0 Å². The van der Waals surface area contributed by atoms with E-state index in [1.807, 2.05) is 60.7 Å². The molecule has 2 aromatic carbocycles. The Balaban J connectivity index is 2.19. The monoisotopic (exact) mass is 352 g/mol. The number of hydrogen-bond acceptors (Lipinski definition) is 5. The third-order valence-corrected chi connectivity index (χ3v) is 4.25. The van der Waals surface area contributed by atoms with Gasteiger partial charge >= 0.3 is 11.9 Å². The van der Waals surface area contributed by atoms with Gasteiger partial charge in [0.25, 0.3) is 0 Å². The molecule has 1 aliphatic heterocycles. The lowest BCUT2D eigenvalue weighted by Crippen LogP contribution is -2.44. The van der Waals surface area contributed by atoms with Gasteiger partial charge in [-0.25, -0.2) is 9.59 Å². The number of methoxy groups -OCH3 is 1. The van der Waals surface area contributed by atoms with E-state index in [2.05, 4.69) is 0 Å². The highest BCUT2D eigenvalue weighted by molar-refractivity contribution is 6.11. The zero-order chi connectivity index (χ0) is 18.6. The Morgan fingerprint density at radius 1 is 1.04 bits per heavy atom. The molecule has 134 valence electrons. The molecule has 26 heavy (non-hydrogen) atoms. The maximum Gasteiger partial charge on any atom is 0.375 e. The summed E-state index contributed by atoms with van der Waals surface area (Å²) in [5.41, 5.74) is 0.340. The molecule has 2 aromatic rings. The van der Waals surface area contributed by atoms with Crippen molar-refractivity contribution in [1.82, 2.24) is 0 Å². The second-order valence-corrected chi connectivity index (χ2v) is 5.87. The average Bonchev–Trinajstić information content (AvgIpc) is 2.95. The predicted octanol–water partition coefficient (Wildman–Crippen LogP) is 3.15. The lowest BCUT2D eigenvalue weighted by molar-refractivity contribution is -0.171. The molecule has 0 fully saturated rings. The Kier molecular flexibility index (Phi) is 5.07. The molecule has 0 aliphatic carbocycles. The molecule has 1 aliphatic rings. The highest BCUT2D eigenvalue weighted by atomic mass is 16.6. The molecule has 0 aromatic heterocycles. The zero-order valence-corrected chi connectivity index (χ0v) is 14.7.